The number of benzene rings is 1. The summed E-state index contributed by atoms with van der Waals surface area (Å²) in [5, 5.41) is 3.85. The van der Waals surface area contributed by atoms with E-state index in [1.54, 1.807) is 17.0 Å². The second-order valence-electron chi connectivity index (χ2n) is 5.23. The van der Waals surface area contributed by atoms with E-state index in [1.807, 2.05) is 0 Å². The number of halogens is 1. The predicted octanol–water partition coefficient (Wildman–Crippen LogP) is 0.992. The van der Waals surface area contributed by atoms with Crippen molar-refractivity contribution in [3.8, 4) is 0 Å². The van der Waals surface area contributed by atoms with E-state index in [9.17, 15) is 14.0 Å². The van der Waals surface area contributed by atoms with Crippen LogP contribution in [0.1, 0.15) is 24.4 Å². The molecule has 0 saturated carbocycles. The van der Waals surface area contributed by atoms with Gasteiger partial charge in [0.05, 0.1) is 19.3 Å². The Hall–Kier alpha value is -2.28. The molecular weight excluding hydrogens is 289 g/mol. The molecule has 3 rings (SSSR count). The van der Waals surface area contributed by atoms with Crippen LogP contribution in [0.4, 0.5) is 4.39 Å². The number of hydrogen-bond acceptors (Lipinski definition) is 4. The summed E-state index contributed by atoms with van der Waals surface area (Å²) in [5.74, 6) is -0.719. The van der Waals surface area contributed by atoms with E-state index in [-0.39, 0.29) is 30.1 Å². The fourth-order valence-electron chi connectivity index (χ4n) is 2.60. The fraction of sp³-hybridized carbons (Fsp3) is 0.400. The molecule has 6 nitrogen and oxygen atoms in total. The van der Waals surface area contributed by atoms with Crippen molar-refractivity contribution in [3.63, 3.8) is 0 Å². The van der Waals surface area contributed by atoms with Crippen molar-refractivity contribution in [1.29, 1.82) is 0 Å². The zero-order chi connectivity index (χ0) is 15.5. The summed E-state index contributed by atoms with van der Waals surface area (Å²) in [6.07, 6.45) is 0.592. The van der Waals surface area contributed by atoms with E-state index in [0.717, 1.165) is 5.56 Å². The Morgan fingerprint density at radius 3 is 2.77 bits per heavy atom. The number of hydrazone groups is 1. The maximum atomic E-state index is 13.1. The first kappa shape index (κ1) is 14.6. The summed E-state index contributed by atoms with van der Waals surface area (Å²) in [4.78, 5) is 25.4. The highest BCUT2D eigenvalue weighted by atomic mass is 19.1. The number of carbonyl (C=O) groups is 2. The molecule has 0 bridgehead atoms. The number of nitrogens with one attached hydrogen (secondary N) is 1. The first-order chi connectivity index (χ1) is 10.6. The van der Waals surface area contributed by atoms with Crippen molar-refractivity contribution in [2.75, 3.05) is 19.8 Å². The highest BCUT2D eigenvalue weighted by Crippen LogP contribution is 2.25. The molecular formula is C15H16FN3O3. The third-order valence-corrected chi connectivity index (χ3v) is 3.80. The molecule has 1 saturated heterocycles. The summed E-state index contributed by atoms with van der Waals surface area (Å²) in [7, 11) is 0. The van der Waals surface area contributed by atoms with Gasteiger partial charge >= 0.3 is 0 Å². The molecule has 1 aromatic rings. The molecule has 0 aliphatic carbocycles. The first-order valence-electron chi connectivity index (χ1n) is 7.15. The number of morpholine rings is 1. The first-order valence-corrected chi connectivity index (χ1v) is 7.15. The van der Waals surface area contributed by atoms with Crippen LogP contribution in [0.25, 0.3) is 0 Å². The van der Waals surface area contributed by atoms with E-state index in [0.29, 0.717) is 31.9 Å². The second-order valence-corrected chi connectivity index (χ2v) is 5.23. The van der Waals surface area contributed by atoms with Crippen LogP contribution in [-0.2, 0) is 14.3 Å². The molecule has 7 heteroatoms. The summed E-state index contributed by atoms with van der Waals surface area (Å²) in [6, 6.07) is 5.76. The van der Waals surface area contributed by atoms with E-state index in [2.05, 4.69) is 10.5 Å². The molecule has 1 fully saturated rings. The molecule has 1 aromatic carbocycles. The lowest BCUT2D eigenvalue weighted by molar-refractivity contribution is -0.133. The minimum Gasteiger partial charge on any atom is -0.377 e. The molecule has 2 aliphatic rings. The van der Waals surface area contributed by atoms with Crippen LogP contribution in [-0.4, -0.2) is 42.2 Å². The number of rotatable bonds is 2. The van der Waals surface area contributed by atoms with Crippen LogP contribution in [0.2, 0.25) is 0 Å². The predicted molar refractivity (Wildman–Crippen MR) is 76.5 cm³/mol. The highest BCUT2D eigenvalue weighted by Gasteiger charge is 2.32. The van der Waals surface area contributed by atoms with Crippen LogP contribution >= 0.6 is 0 Å². The van der Waals surface area contributed by atoms with E-state index >= 15 is 0 Å². The molecule has 2 amide bonds. The van der Waals surface area contributed by atoms with E-state index < -0.39 is 0 Å². The third kappa shape index (κ3) is 2.99. The van der Waals surface area contributed by atoms with Crippen molar-refractivity contribution in [1.82, 2.24) is 10.3 Å². The second kappa shape index (κ2) is 6.23. The molecule has 1 N–H and O–H groups in total. The van der Waals surface area contributed by atoms with E-state index in [1.165, 1.54) is 12.1 Å². The van der Waals surface area contributed by atoms with Gasteiger partial charge in [0.15, 0.2) is 0 Å². The van der Waals surface area contributed by atoms with Gasteiger partial charge in [0, 0.05) is 19.4 Å². The van der Waals surface area contributed by atoms with Gasteiger partial charge in [0.1, 0.15) is 11.5 Å². The van der Waals surface area contributed by atoms with Gasteiger partial charge in [0.2, 0.25) is 5.91 Å². The summed E-state index contributed by atoms with van der Waals surface area (Å²) < 4.78 is 18.5. The van der Waals surface area contributed by atoms with Crippen LogP contribution in [0.5, 0.6) is 0 Å². The monoisotopic (exact) mass is 305 g/mol. The molecule has 2 heterocycles. The van der Waals surface area contributed by atoms with Gasteiger partial charge in [-0.2, -0.15) is 5.10 Å². The van der Waals surface area contributed by atoms with E-state index in [4.69, 9.17) is 4.74 Å². The molecule has 0 radical (unpaired) electrons. The number of amides is 2. The van der Waals surface area contributed by atoms with Crippen LogP contribution in [0, 0.1) is 5.82 Å². The van der Waals surface area contributed by atoms with Crippen molar-refractivity contribution in [2.45, 2.75) is 18.9 Å². The van der Waals surface area contributed by atoms with Crippen molar-refractivity contribution in [2.24, 2.45) is 5.10 Å². The Kier molecular flexibility index (Phi) is 4.15. The molecule has 0 aromatic heterocycles. The van der Waals surface area contributed by atoms with Gasteiger partial charge in [-0.15, -0.1) is 0 Å². The topological polar surface area (TPSA) is 71.0 Å². The van der Waals surface area contributed by atoms with Crippen molar-refractivity contribution >= 4 is 17.5 Å². The quantitative estimate of drug-likeness (QED) is 0.886. The minimum atomic E-state index is -0.322. The fourth-order valence-corrected chi connectivity index (χ4v) is 2.60. The zero-order valence-corrected chi connectivity index (χ0v) is 11.9. The van der Waals surface area contributed by atoms with Gasteiger partial charge in [-0.05, 0) is 17.7 Å². The number of ether oxygens (including phenoxy) is 1. The normalized spacial score (nSPS) is 22.0. The molecule has 0 spiro atoms. The summed E-state index contributed by atoms with van der Waals surface area (Å²) in [6.45, 7) is 1.24. The Bertz CT molecular complexity index is 615. The average molecular weight is 305 g/mol. The van der Waals surface area contributed by atoms with Gasteiger partial charge in [-0.3, -0.25) is 9.59 Å². The Morgan fingerprint density at radius 1 is 1.32 bits per heavy atom. The highest BCUT2D eigenvalue weighted by molar-refractivity contribution is 6.39. The maximum Gasteiger partial charge on any atom is 0.270 e. The van der Waals surface area contributed by atoms with Gasteiger partial charge in [-0.25, -0.2) is 9.82 Å². The van der Waals surface area contributed by atoms with Gasteiger partial charge in [-0.1, -0.05) is 12.1 Å². The standard InChI is InChI=1S/C15H16FN3O3/c16-11-3-1-10(2-4-11)13-9-22-8-7-19(13)15(21)12-5-6-14(20)18-17-12/h1-4,13H,5-9H2,(H,18,20). The lowest BCUT2D eigenvalue weighted by atomic mass is 10.0. The molecule has 1 unspecified atom stereocenters. The Labute approximate surface area is 126 Å². The number of hydrogen-bond donors (Lipinski definition) is 1. The Balaban J connectivity index is 1.81. The summed E-state index contributed by atoms with van der Waals surface area (Å²) in [5.41, 5.74) is 3.49. The number of nitrogens with zero attached hydrogens (tertiary/aromatic N) is 2. The lowest BCUT2D eigenvalue weighted by Gasteiger charge is -2.36. The van der Waals surface area contributed by atoms with Crippen molar-refractivity contribution in [3.05, 3.63) is 35.6 Å². The SMILES string of the molecule is O=C1CCC(C(=O)N2CCOCC2c2ccc(F)cc2)=NN1. The summed E-state index contributed by atoms with van der Waals surface area (Å²) >= 11 is 0. The lowest BCUT2D eigenvalue weighted by Crippen LogP contribution is -2.47. The van der Waals surface area contributed by atoms with Crippen LogP contribution < -0.4 is 5.43 Å². The van der Waals surface area contributed by atoms with Gasteiger partial charge < -0.3 is 9.64 Å². The smallest absolute Gasteiger partial charge is 0.270 e. The van der Waals surface area contributed by atoms with Gasteiger partial charge in [0.25, 0.3) is 5.91 Å². The zero-order valence-electron chi connectivity index (χ0n) is 11.9. The average Bonchev–Trinajstić information content (AvgIpc) is 2.56. The largest absolute Gasteiger partial charge is 0.377 e. The minimum absolute atomic E-state index is 0.186. The molecule has 1 atom stereocenters. The Morgan fingerprint density at radius 2 is 2.09 bits per heavy atom. The van der Waals surface area contributed by atoms with Crippen LogP contribution in [0.15, 0.2) is 29.4 Å². The molecule has 22 heavy (non-hydrogen) atoms. The van der Waals surface area contributed by atoms with Crippen molar-refractivity contribution < 1.29 is 18.7 Å². The molecule has 116 valence electrons. The number of carbonyl (C=O) groups excluding carboxylic acids is 2. The molecule has 2 aliphatic heterocycles. The third-order valence-electron chi connectivity index (χ3n) is 3.80. The maximum absolute atomic E-state index is 13.1. The van der Waals surface area contributed by atoms with Crippen LogP contribution in [0.3, 0.4) is 0 Å².